The summed E-state index contributed by atoms with van der Waals surface area (Å²) < 4.78 is 5.44. The maximum absolute atomic E-state index is 12.0. The SMILES string of the molecule is CC(=O)Nc1ccccc1NC(=O)COc1cccc(C)c1. The number of carbonyl (C=O) groups excluding carboxylic acids is 2. The Kier molecular flexibility index (Phi) is 5.14. The summed E-state index contributed by atoms with van der Waals surface area (Å²) in [7, 11) is 0. The fraction of sp³-hybridized carbons (Fsp3) is 0.176. The van der Waals surface area contributed by atoms with Gasteiger partial charge < -0.3 is 15.4 Å². The Morgan fingerprint density at radius 2 is 1.68 bits per heavy atom. The van der Waals surface area contributed by atoms with E-state index in [2.05, 4.69) is 10.6 Å². The van der Waals surface area contributed by atoms with Crippen LogP contribution in [-0.2, 0) is 9.59 Å². The number of ether oxygens (including phenoxy) is 1. The van der Waals surface area contributed by atoms with Crippen LogP contribution in [0.4, 0.5) is 11.4 Å². The Bertz CT molecular complexity index is 683. The average molecular weight is 298 g/mol. The molecule has 0 aliphatic heterocycles. The van der Waals surface area contributed by atoms with Crippen LogP contribution in [0, 0.1) is 6.92 Å². The van der Waals surface area contributed by atoms with Gasteiger partial charge in [-0.2, -0.15) is 0 Å². The topological polar surface area (TPSA) is 67.4 Å². The largest absolute Gasteiger partial charge is 0.484 e. The Balaban J connectivity index is 1.96. The van der Waals surface area contributed by atoms with Crippen LogP contribution in [0.3, 0.4) is 0 Å². The third-order valence-corrected chi connectivity index (χ3v) is 2.87. The van der Waals surface area contributed by atoms with Gasteiger partial charge in [0.05, 0.1) is 11.4 Å². The lowest BCUT2D eigenvalue weighted by Crippen LogP contribution is -2.21. The summed E-state index contributed by atoms with van der Waals surface area (Å²) in [6, 6.07) is 14.5. The monoisotopic (exact) mass is 298 g/mol. The molecule has 0 aliphatic carbocycles. The molecule has 0 spiro atoms. The first-order chi connectivity index (χ1) is 10.5. The summed E-state index contributed by atoms with van der Waals surface area (Å²) in [4.78, 5) is 23.1. The molecule has 0 fully saturated rings. The molecule has 2 amide bonds. The van der Waals surface area contributed by atoms with Gasteiger partial charge in [-0.1, -0.05) is 24.3 Å². The van der Waals surface area contributed by atoms with Crippen molar-refractivity contribution < 1.29 is 14.3 Å². The van der Waals surface area contributed by atoms with Gasteiger partial charge in [0.1, 0.15) is 5.75 Å². The molecule has 2 rings (SSSR count). The predicted octanol–water partition coefficient (Wildman–Crippen LogP) is 2.97. The maximum atomic E-state index is 12.0. The summed E-state index contributed by atoms with van der Waals surface area (Å²) in [5.74, 6) is 0.155. The van der Waals surface area contributed by atoms with Crippen molar-refractivity contribution in [2.45, 2.75) is 13.8 Å². The van der Waals surface area contributed by atoms with Crippen LogP contribution in [0.2, 0.25) is 0 Å². The molecule has 22 heavy (non-hydrogen) atoms. The van der Waals surface area contributed by atoms with Crippen LogP contribution in [0.15, 0.2) is 48.5 Å². The van der Waals surface area contributed by atoms with Gasteiger partial charge >= 0.3 is 0 Å². The number of nitrogens with one attached hydrogen (secondary N) is 2. The average Bonchev–Trinajstić information content (AvgIpc) is 2.47. The molecule has 0 unspecified atom stereocenters. The van der Waals surface area contributed by atoms with Crippen molar-refractivity contribution >= 4 is 23.2 Å². The second kappa shape index (κ2) is 7.26. The van der Waals surface area contributed by atoms with Crippen molar-refractivity contribution in [3.8, 4) is 5.75 Å². The number of benzene rings is 2. The molecule has 0 atom stereocenters. The van der Waals surface area contributed by atoms with Crippen LogP contribution in [0.1, 0.15) is 12.5 Å². The van der Waals surface area contributed by atoms with Crippen molar-refractivity contribution in [1.82, 2.24) is 0 Å². The van der Waals surface area contributed by atoms with Crippen molar-refractivity contribution in [2.24, 2.45) is 0 Å². The van der Waals surface area contributed by atoms with Gasteiger partial charge in [-0.15, -0.1) is 0 Å². The lowest BCUT2D eigenvalue weighted by molar-refractivity contribution is -0.118. The van der Waals surface area contributed by atoms with E-state index in [1.54, 1.807) is 30.3 Å². The maximum Gasteiger partial charge on any atom is 0.262 e. The van der Waals surface area contributed by atoms with E-state index in [0.29, 0.717) is 17.1 Å². The second-order valence-electron chi connectivity index (χ2n) is 4.88. The molecule has 2 N–H and O–H groups in total. The van der Waals surface area contributed by atoms with Crippen LogP contribution in [0.5, 0.6) is 5.75 Å². The van der Waals surface area contributed by atoms with Gasteiger partial charge in [0.25, 0.3) is 5.91 Å². The van der Waals surface area contributed by atoms with Crippen molar-refractivity contribution in [2.75, 3.05) is 17.2 Å². The number of hydrogen-bond donors (Lipinski definition) is 2. The summed E-state index contributed by atoms with van der Waals surface area (Å²) in [5.41, 5.74) is 2.16. The highest BCUT2D eigenvalue weighted by Gasteiger charge is 2.08. The van der Waals surface area contributed by atoms with Crippen LogP contribution in [0.25, 0.3) is 0 Å². The van der Waals surface area contributed by atoms with Gasteiger partial charge in [0, 0.05) is 6.92 Å². The van der Waals surface area contributed by atoms with Gasteiger partial charge in [0.15, 0.2) is 6.61 Å². The second-order valence-corrected chi connectivity index (χ2v) is 4.88. The number of hydrogen-bond acceptors (Lipinski definition) is 3. The molecule has 0 aromatic heterocycles. The van der Waals surface area contributed by atoms with Crippen LogP contribution in [-0.4, -0.2) is 18.4 Å². The zero-order chi connectivity index (χ0) is 15.9. The van der Waals surface area contributed by atoms with Crippen molar-refractivity contribution in [3.63, 3.8) is 0 Å². The number of rotatable bonds is 5. The van der Waals surface area contributed by atoms with E-state index in [-0.39, 0.29) is 18.4 Å². The highest BCUT2D eigenvalue weighted by Crippen LogP contribution is 2.21. The molecule has 114 valence electrons. The quantitative estimate of drug-likeness (QED) is 0.891. The molecule has 0 aliphatic rings. The summed E-state index contributed by atoms with van der Waals surface area (Å²) >= 11 is 0. The molecule has 0 saturated carbocycles. The first-order valence-electron chi connectivity index (χ1n) is 6.90. The molecule has 5 nitrogen and oxygen atoms in total. The fourth-order valence-corrected chi connectivity index (χ4v) is 1.93. The van der Waals surface area contributed by atoms with E-state index in [1.807, 2.05) is 25.1 Å². The minimum absolute atomic E-state index is 0.0993. The van der Waals surface area contributed by atoms with E-state index in [9.17, 15) is 9.59 Å². The molecule has 2 aromatic rings. The smallest absolute Gasteiger partial charge is 0.262 e. The number of amides is 2. The molecule has 2 aromatic carbocycles. The predicted molar refractivity (Wildman–Crippen MR) is 86.0 cm³/mol. The van der Waals surface area contributed by atoms with Gasteiger partial charge in [-0.05, 0) is 36.8 Å². The first kappa shape index (κ1) is 15.6. The van der Waals surface area contributed by atoms with Gasteiger partial charge in [0.2, 0.25) is 5.91 Å². The van der Waals surface area contributed by atoms with E-state index in [1.165, 1.54) is 6.92 Å². The molecule has 0 bridgehead atoms. The Morgan fingerprint density at radius 3 is 2.32 bits per heavy atom. The highest BCUT2D eigenvalue weighted by atomic mass is 16.5. The van der Waals surface area contributed by atoms with Crippen LogP contribution >= 0.6 is 0 Å². The summed E-state index contributed by atoms with van der Waals surface area (Å²) in [6.45, 7) is 3.27. The minimum atomic E-state index is -0.292. The van der Waals surface area contributed by atoms with Crippen molar-refractivity contribution in [3.05, 3.63) is 54.1 Å². The Morgan fingerprint density at radius 1 is 1.00 bits per heavy atom. The highest BCUT2D eigenvalue weighted by molar-refractivity contribution is 5.99. The molecular formula is C17H18N2O3. The molecule has 0 heterocycles. The van der Waals surface area contributed by atoms with Gasteiger partial charge in [-0.25, -0.2) is 0 Å². The molecule has 5 heteroatoms. The van der Waals surface area contributed by atoms with E-state index in [4.69, 9.17) is 4.74 Å². The molecule has 0 radical (unpaired) electrons. The van der Waals surface area contributed by atoms with Crippen LogP contribution < -0.4 is 15.4 Å². The molecular weight excluding hydrogens is 280 g/mol. The van der Waals surface area contributed by atoms with Crippen molar-refractivity contribution in [1.29, 1.82) is 0 Å². The standard InChI is InChI=1S/C17H18N2O3/c1-12-6-5-7-14(10-12)22-11-17(21)19-16-9-4-3-8-15(16)18-13(2)20/h3-10H,11H2,1-2H3,(H,18,20)(H,19,21). The third kappa shape index (κ3) is 4.63. The normalized spacial score (nSPS) is 9.91. The van der Waals surface area contributed by atoms with E-state index >= 15 is 0 Å². The van der Waals surface area contributed by atoms with Gasteiger partial charge in [-0.3, -0.25) is 9.59 Å². The lowest BCUT2D eigenvalue weighted by Gasteiger charge is -2.12. The molecule has 0 saturated heterocycles. The number of aryl methyl sites for hydroxylation is 1. The number of para-hydroxylation sites is 2. The zero-order valence-corrected chi connectivity index (χ0v) is 12.6. The fourth-order valence-electron chi connectivity index (χ4n) is 1.93. The van der Waals surface area contributed by atoms with E-state index in [0.717, 1.165) is 5.56 Å². The lowest BCUT2D eigenvalue weighted by atomic mass is 10.2. The summed E-state index contributed by atoms with van der Waals surface area (Å²) in [5, 5.41) is 5.39. The zero-order valence-electron chi connectivity index (χ0n) is 12.6. The minimum Gasteiger partial charge on any atom is -0.484 e. The number of anilines is 2. The first-order valence-corrected chi connectivity index (χ1v) is 6.90. The Hall–Kier alpha value is -2.82. The summed E-state index contributed by atoms with van der Waals surface area (Å²) in [6.07, 6.45) is 0. The number of carbonyl (C=O) groups is 2. The Labute approximate surface area is 129 Å². The third-order valence-electron chi connectivity index (χ3n) is 2.87. The van der Waals surface area contributed by atoms with E-state index < -0.39 is 0 Å².